The lowest BCUT2D eigenvalue weighted by atomic mass is 10.2. The fourth-order valence-corrected chi connectivity index (χ4v) is 3.97. The van der Waals surface area contributed by atoms with Gasteiger partial charge in [0.2, 0.25) is 5.13 Å². The van der Waals surface area contributed by atoms with Crippen molar-refractivity contribution in [3.63, 3.8) is 0 Å². The van der Waals surface area contributed by atoms with Gasteiger partial charge in [-0.05, 0) is 43.2 Å². The summed E-state index contributed by atoms with van der Waals surface area (Å²) in [4.78, 5) is 12.3. The summed E-state index contributed by atoms with van der Waals surface area (Å²) in [6, 6.07) is 14.1. The van der Waals surface area contributed by atoms with E-state index in [0.29, 0.717) is 26.5 Å². The van der Waals surface area contributed by atoms with Gasteiger partial charge in [-0.25, -0.2) is 4.39 Å². The number of carbonyl (C=O) groups excluding carboxylic acids is 1. The second-order valence-corrected chi connectivity index (χ2v) is 8.02. The van der Waals surface area contributed by atoms with Crippen molar-refractivity contribution in [3.05, 3.63) is 65.5 Å². The van der Waals surface area contributed by atoms with E-state index in [1.54, 1.807) is 31.2 Å². The zero-order valence-corrected chi connectivity index (χ0v) is 16.4. The molecule has 1 atom stereocenters. The average molecular weight is 404 g/mol. The molecule has 8 heteroatoms. The molecule has 0 aliphatic carbocycles. The van der Waals surface area contributed by atoms with E-state index < -0.39 is 6.10 Å². The zero-order valence-electron chi connectivity index (χ0n) is 14.8. The minimum absolute atomic E-state index is 0.245. The van der Waals surface area contributed by atoms with Gasteiger partial charge in [-0.1, -0.05) is 53.4 Å². The standard InChI is InChI=1S/C19H18FN3O2S2/c1-12-6-5-8-15(10-12)25-13(2)17(24)21-18-22-23-19(27-18)26-11-14-7-3-4-9-16(14)20/h3-10,13H,11H2,1-2H3,(H,21,22,24)/t13-/m1/s1. The van der Waals surface area contributed by atoms with Crippen LogP contribution in [0.25, 0.3) is 0 Å². The van der Waals surface area contributed by atoms with Crippen molar-refractivity contribution in [1.29, 1.82) is 0 Å². The number of aryl methyl sites for hydroxylation is 1. The lowest BCUT2D eigenvalue weighted by Gasteiger charge is -2.13. The highest BCUT2D eigenvalue weighted by Gasteiger charge is 2.17. The predicted octanol–water partition coefficient (Wildman–Crippen LogP) is 4.68. The molecule has 1 amide bonds. The molecule has 140 valence electrons. The first-order valence-corrected chi connectivity index (χ1v) is 10.1. The minimum atomic E-state index is -0.676. The number of thioether (sulfide) groups is 1. The number of ether oxygens (including phenoxy) is 1. The van der Waals surface area contributed by atoms with Gasteiger partial charge < -0.3 is 4.74 Å². The first kappa shape index (κ1) is 19.3. The maximum Gasteiger partial charge on any atom is 0.266 e. The van der Waals surface area contributed by atoms with E-state index in [9.17, 15) is 9.18 Å². The van der Waals surface area contributed by atoms with E-state index in [-0.39, 0.29) is 11.7 Å². The Balaban J connectivity index is 1.53. The molecule has 3 rings (SSSR count). The van der Waals surface area contributed by atoms with Gasteiger partial charge in [-0.2, -0.15) is 0 Å². The Hall–Kier alpha value is -2.45. The smallest absolute Gasteiger partial charge is 0.266 e. The third kappa shape index (κ3) is 5.51. The molecule has 0 aliphatic heterocycles. The Morgan fingerprint density at radius 2 is 2.07 bits per heavy atom. The molecule has 0 aliphatic rings. The number of nitrogens with one attached hydrogen (secondary N) is 1. The molecular formula is C19H18FN3O2S2. The van der Waals surface area contributed by atoms with Crippen molar-refractivity contribution in [3.8, 4) is 5.75 Å². The van der Waals surface area contributed by atoms with Gasteiger partial charge in [-0.15, -0.1) is 10.2 Å². The molecule has 5 nitrogen and oxygen atoms in total. The van der Waals surface area contributed by atoms with Crippen LogP contribution in [0.2, 0.25) is 0 Å². The molecule has 1 N–H and O–H groups in total. The topological polar surface area (TPSA) is 64.1 Å². The molecule has 0 spiro atoms. The number of rotatable bonds is 7. The number of amides is 1. The molecule has 1 aromatic heterocycles. The predicted molar refractivity (Wildman–Crippen MR) is 106 cm³/mol. The molecular weight excluding hydrogens is 385 g/mol. The first-order chi connectivity index (χ1) is 13.0. The molecule has 0 saturated carbocycles. The second kappa shape index (κ2) is 8.96. The van der Waals surface area contributed by atoms with E-state index in [0.717, 1.165) is 5.56 Å². The summed E-state index contributed by atoms with van der Waals surface area (Å²) in [5.41, 5.74) is 1.66. The number of aromatic nitrogens is 2. The average Bonchev–Trinajstić information content (AvgIpc) is 3.08. The van der Waals surface area contributed by atoms with Gasteiger partial charge in [0.05, 0.1) is 0 Å². The number of carbonyl (C=O) groups is 1. The summed E-state index contributed by atoms with van der Waals surface area (Å²) in [6.45, 7) is 3.63. The summed E-state index contributed by atoms with van der Waals surface area (Å²) in [6.07, 6.45) is -0.676. The fraction of sp³-hybridized carbons (Fsp3) is 0.211. The fourth-order valence-electron chi connectivity index (χ4n) is 2.23. The van der Waals surface area contributed by atoms with E-state index in [1.807, 2.05) is 25.1 Å². The maximum absolute atomic E-state index is 13.6. The first-order valence-electron chi connectivity index (χ1n) is 8.25. The van der Waals surface area contributed by atoms with E-state index in [2.05, 4.69) is 15.5 Å². The quantitative estimate of drug-likeness (QED) is 0.458. The van der Waals surface area contributed by atoms with Gasteiger partial charge in [0, 0.05) is 5.75 Å². The Kier molecular flexibility index (Phi) is 6.41. The van der Waals surface area contributed by atoms with Gasteiger partial charge >= 0.3 is 0 Å². The highest BCUT2D eigenvalue weighted by Crippen LogP contribution is 2.29. The Bertz CT molecular complexity index is 933. The Morgan fingerprint density at radius 3 is 2.85 bits per heavy atom. The highest BCUT2D eigenvalue weighted by atomic mass is 32.2. The summed E-state index contributed by atoms with van der Waals surface area (Å²) in [5.74, 6) is 0.529. The molecule has 0 radical (unpaired) electrons. The van der Waals surface area contributed by atoms with Crippen LogP contribution in [0, 0.1) is 12.7 Å². The van der Waals surface area contributed by atoms with Crippen LogP contribution in [0.1, 0.15) is 18.1 Å². The molecule has 2 aromatic carbocycles. The minimum Gasteiger partial charge on any atom is -0.481 e. The van der Waals surface area contributed by atoms with Crippen LogP contribution >= 0.6 is 23.1 Å². The van der Waals surface area contributed by atoms with Gasteiger partial charge in [0.15, 0.2) is 10.4 Å². The van der Waals surface area contributed by atoms with Crippen molar-refractivity contribution in [2.75, 3.05) is 5.32 Å². The molecule has 0 saturated heterocycles. The normalized spacial score (nSPS) is 11.8. The number of anilines is 1. The SMILES string of the molecule is Cc1cccc(O[C@H](C)C(=O)Nc2nnc(SCc3ccccc3F)s2)c1. The lowest BCUT2D eigenvalue weighted by molar-refractivity contribution is -0.122. The zero-order chi connectivity index (χ0) is 19.2. The van der Waals surface area contributed by atoms with Crippen molar-refractivity contribution in [2.45, 2.75) is 30.0 Å². The Labute approximate surface area is 165 Å². The second-order valence-electron chi connectivity index (χ2n) is 5.82. The number of halogens is 1. The van der Waals surface area contributed by atoms with Crippen LogP contribution in [-0.4, -0.2) is 22.2 Å². The third-order valence-electron chi connectivity index (χ3n) is 3.62. The van der Waals surface area contributed by atoms with Crippen LogP contribution in [0.4, 0.5) is 9.52 Å². The molecule has 0 fully saturated rings. The highest BCUT2D eigenvalue weighted by molar-refractivity contribution is 8.00. The van der Waals surface area contributed by atoms with Crippen LogP contribution in [0.5, 0.6) is 5.75 Å². The number of hydrogen-bond acceptors (Lipinski definition) is 6. The van der Waals surface area contributed by atoms with Crippen LogP contribution in [-0.2, 0) is 10.5 Å². The van der Waals surface area contributed by atoms with Gasteiger partial charge in [0.25, 0.3) is 5.91 Å². The van der Waals surface area contributed by atoms with Gasteiger partial charge in [0.1, 0.15) is 11.6 Å². The molecule has 0 unspecified atom stereocenters. The number of hydrogen-bond donors (Lipinski definition) is 1. The van der Waals surface area contributed by atoms with Crippen LogP contribution in [0.3, 0.4) is 0 Å². The summed E-state index contributed by atoms with van der Waals surface area (Å²) >= 11 is 2.61. The Morgan fingerprint density at radius 1 is 1.26 bits per heavy atom. The van der Waals surface area contributed by atoms with Crippen molar-refractivity contribution in [1.82, 2.24) is 10.2 Å². The van der Waals surface area contributed by atoms with E-state index >= 15 is 0 Å². The molecule has 1 heterocycles. The summed E-state index contributed by atoms with van der Waals surface area (Å²) < 4.78 is 20.0. The largest absolute Gasteiger partial charge is 0.481 e. The van der Waals surface area contributed by atoms with Crippen molar-refractivity contribution < 1.29 is 13.9 Å². The van der Waals surface area contributed by atoms with Crippen molar-refractivity contribution >= 4 is 34.1 Å². The summed E-state index contributed by atoms with van der Waals surface area (Å²) in [7, 11) is 0. The monoisotopic (exact) mass is 403 g/mol. The molecule has 0 bridgehead atoms. The summed E-state index contributed by atoms with van der Waals surface area (Å²) in [5, 5.41) is 11.1. The maximum atomic E-state index is 13.6. The number of benzene rings is 2. The number of nitrogens with zero attached hydrogens (tertiary/aromatic N) is 2. The molecule has 27 heavy (non-hydrogen) atoms. The van der Waals surface area contributed by atoms with Crippen LogP contribution < -0.4 is 10.1 Å². The van der Waals surface area contributed by atoms with Crippen molar-refractivity contribution in [2.24, 2.45) is 0 Å². The third-order valence-corrected chi connectivity index (χ3v) is 5.64. The van der Waals surface area contributed by atoms with E-state index in [4.69, 9.17) is 4.74 Å². The van der Waals surface area contributed by atoms with Gasteiger partial charge in [-0.3, -0.25) is 10.1 Å². The lowest BCUT2D eigenvalue weighted by Crippen LogP contribution is -2.30. The molecule has 3 aromatic rings. The van der Waals surface area contributed by atoms with E-state index in [1.165, 1.54) is 29.2 Å². The van der Waals surface area contributed by atoms with Crippen LogP contribution in [0.15, 0.2) is 52.9 Å².